The maximum atomic E-state index is 12.3. The van der Waals surface area contributed by atoms with E-state index in [2.05, 4.69) is 31.4 Å². The zero-order valence-electron chi connectivity index (χ0n) is 14.6. The highest BCUT2D eigenvalue weighted by Crippen LogP contribution is 2.28. The highest BCUT2D eigenvalue weighted by Gasteiger charge is 2.27. The summed E-state index contributed by atoms with van der Waals surface area (Å²) in [6, 6.07) is 14.7. The minimum absolute atomic E-state index is 0.0381. The van der Waals surface area contributed by atoms with Gasteiger partial charge in [-0.1, -0.05) is 45.0 Å². The first-order valence-electron chi connectivity index (χ1n) is 8.30. The Kier molecular flexibility index (Phi) is 4.49. The van der Waals surface area contributed by atoms with Crippen LogP contribution in [0.5, 0.6) is 5.75 Å². The predicted molar refractivity (Wildman–Crippen MR) is 97.0 cm³/mol. The van der Waals surface area contributed by atoms with Gasteiger partial charge in [-0.15, -0.1) is 0 Å². The van der Waals surface area contributed by atoms with Crippen molar-refractivity contribution in [1.29, 1.82) is 0 Å². The van der Waals surface area contributed by atoms with E-state index in [1.165, 1.54) is 0 Å². The Morgan fingerprint density at radius 3 is 2.48 bits per heavy atom. The maximum absolute atomic E-state index is 12.3. The summed E-state index contributed by atoms with van der Waals surface area (Å²) in [7, 11) is 0. The Labute approximate surface area is 147 Å². The number of carbonyl (C=O) groups is 2. The van der Waals surface area contributed by atoms with E-state index in [4.69, 9.17) is 4.74 Å². The largest absolute Gasteiger partial charge is 0.477 e. The molecule has 2 aromatic carbocycles. The average molecular weight is 338 g/mol. The van der Waals surface area contributed by atoms with Gasteiger partial charge < -0.3 is 15.4 Å². The Morgan fingerprint density at radius 1 is 1.12 bits per heavy atom. The minimum atomic E-state index is -0.743. The van der Waals surface area contributed by atoms with Crippen LogP contribution in [0.25, 0.3) is 0 Å². The van der Waals surface area contributed by atoms with Gasteiger partial charge in [-0.25, -0.2) is 0 Å². The molecule has 0 saturated carbocycles. The van der Waals surface area contributed by atoms with Crippen molar-refractivity contribution in [2.24, 2.45) is 0 Å². The lowest BCUT2D eigenvalue weighted by Crippen LogP contribution is -2.45. The lowest BCUT2D eigenvalue weighted by atomic mass is 9.87. The molecule has 0 spiro atoms. The molecule has 130 valence electrons. The summed E-state index contributed by atoms with van der Waals surface area (Å²) >= 11 is 0. The highest BCUT2D eigenvalue weighted by atomic mass is 16.5. The molecule has 2 aromatic rings. The number of carbonyl (C=O) groups excluding carboxylic acids is 2. The van der Waals surface area contributed by atoms with E-state index in [0.29, 0.717) is 17.0 Å². The number of hydrogen-bond acceptors (Lipinski definition) is 3. The van der Waals surface area contributed by atoms with Crippen molar-refractivity contribution < 1.29 is 14.3 Å². The maximum Gasteiger partial charge on any atom is 0.267 e. The fraction of sp³-hybridized carbons (Fsp3) is 0.300. The molecule has 1 heterocycles. The van der Waals surface area contributed by atoms with Crippen LogP contribution in [0.1, 0.15) is 36.7 Å². The SMILES string of the molecule is CC(C)(C)c1ccc(C(=O)NCC2Oc3ccccc3NC2=O)cc1. The van der Waals surface area contributed by atoms with Crippen LogP contribution in [0.2, 0.25) is 0 Å². The van der Waals surface area contributed by atoms with E-state index in [1.807, 2.05) is 24.3 Å². The van der Waals surface area contributed by atoms with E-state index >= 15 is 0 Å². The predicted octanol–water partition coefficient (Wildman–Crippen LogP) is 3.11. The molecule has 0 fully saturated rings. The number of nitrogens with one attached hydrogen (secondary N) is 2. The van der Waals surface area contributed by atoms with Crippen molar-refractivity contribution in [3.8, 4) is 5.75 Å². The van der Waals surface area contributed by atoms with Gasteiger partial charge in [0.1, 0.15) is 5.75 Å². The molecule has 3 rings (SSSR count). The molecule has 1 aliphatic rings. The molecule has 0 radical (unpaired) electrons. The molecule has 5 heteroatoms. The molecule has 1 aliphatic heterocycles. The van der Waals surface area contributed by atoms with Gasteiger partial charge in [-0.2, -0.15) is 0 Å². The third-order valence-corrected chi connectivity index (χ3v) is 4.17. The van der Waals surface area contributed by atoms with Crippen LogP contribution in [-0.4, -0.2) is 24.5 Å². The van der Waals surface area contributed by atoms with Gasteiger partial charge >= 0.3 is 0 Å². The second-order valence-corrected chi connectivity index (χ2v) is 7.13. The lowest BCUT2D eigenvalue weighted by Gasteiger charge is -2.25. The minimum Gasteiger partial charge on any atom is -0.477 e. The second kappa shape index (κ2) is 6.59. The van der Waals surface area contributed by atoms with E-state index in [9.17, 15) is 9.59 Å². The van der Waals surface area contributed by atoms with E-state index in [1.54, 1.807) is 24.3 Å². The molecular formula is C20H22N2O3. The van der Waals surface area contributed by atoms with Crippen LogP contribution in [-0.2, 0) is 10.2 Å². The summed E-state index contributed by atoms with van der Waals surface area (Å²) in [5.41, 5.74) is 2.41. The van der Waals surface area contributed by atoms with Crippen molar-refractivity contribution in [2.75, 3.05) is 11.9 Å². The zero-order valence-corrected chi connectivity index (χ0v) is 14.6. The monoisotopic (exact) mass is 338 g/mol. The van der Waals surface area contributed by atoms with Crippen LogP contribution in [0, 0.1) is 0 Å². The summed E-state index contributed by atoms with van der Waals surface area (Å²) in [6.45, 7) is 6.48. The van der Waals surface area contributed by atoms with Gasteiger partial charge in [0.2, 0.25) is 0 Å². The zero-order chi connectivity index (χ0) is 18.0. The van der Waals surface area contributed by atoms with Crippen LogP contribution < -0.4 is 15.4 Å². The summed E-state index contributed by atoms with van der Waals surface area (Å²) in [4.78, 5) is 24.4. The lowest BCUT2D eigenvalue weighted by molar-refractivity contribution is -0.123. The van der Waals surface area contributed by atoms with Crippen molar-refractivity contribution in [2.45, 2.75) is 32.3 Å². The highest BCUT2D eigenvalue weighted by molar-refractivity contribution is 5.99. The standard InChI is InChI=1S/C20H22N2O3/c1-20(2,3)14-10-8-13(9-11-14)18(23)21-12-17-19(24)22-15-6-4-5-7-16(15)25-17/h4-11,17H,12H2,1-3H3,(H,21,23)(H,22,24). The number of amides is 2. The van der Waals surface area contributed by atoms with Gasteiger partial charge in [-0.3, -0.25) is 9.59 Å². The van der Waals surface area contributed by atoms with Crippen LogP contribution >= 0.6 is 0 Å². The first-order valence-corrected chi connectivity index (χ1v) is 8.30. The van der Waals surface area contributed by atoms with Crippen LogP contribution in [0.4, 0.5) is 5.69 Å². The summed E-state index contributed by atoms with van der Waals surface area (Å²) in [6.07, 6.45) is -0.743. The van der Waals surface area contributed by atoms with Gasteiger partial charge in [0.15, 0.2) is 6.10 Å². The summed E-state index contributed by atoms with van der Waals surface area (Å²) in [5, 5.41) is 5.55. The van der Waals surface area contributed by atoms with Crippen LogP contribution in [0.15, 0.2) is 48.5 Å². The molecule has 0 aliphatic carbocycles. The molecule has 1 atom stereocenters. The molecular weight excluding hydrogens is 316 g/mol. The first-order chi connectivity index (χ1) is 11.8. The number of para-hydroxylation sites is 2. The van der Waals surface area contributed by atoms with Gasteiger partial charge in [0, 0.05) is 5.56 Å². The Hall–Kier alpha value is -2.82. The molecule has 0 aromatic heterocycles. The molecule has 0 saturated heterocycles. The molecule has 0 bridgehead atoms. The first kappa shape index (κ1) is 17.0. The Morgan fingerprint density at radius 2 is 1.80 bits per heavy atom. The molecule has 1 unspecified atom stereocenters. The number of anilines is 1. The van der Waals surface area contributed by atoms with E-state index < -0.39 is 6.10 Å². The van der Waals surface area contributed by atoms with E-state index in [-0.39, 0.29) is 23.8 Å². The smallest absolute Gasteiger partial charge is 0.267 e. The third kappa shape index (κ3) is 3.82. The Bertz CT molecular complexity index is 791. The van der Waals surface area contributed by atoms with Gasteiger partial charge in [0.05, 0.1) is 12.2 Å². The van der Waals surface area contributed by atoms with Gasteiger partial charge in [-0.05, 0) is 35.2 Å². The molecule has 25 heavy (non-hydrogen) atoms. The normalized spacial score (nSPS) is 16.4. The number of benzene rings is 2. The van der Waals surface area contributed by atoms with Crippen molar-refractivity contribution >= 4 is 17.5 Å². The quantitative estimate of drug-likeness (QED) is 0.903. The average Bonchev–Trinajstić information content (AvgIpc) is 2.59. The number of ether oxygens (including phenoxy) is 1. The molecule has 5 nitrogen and oxygen atoms in total. The van der Waals surface area contributed by atoms with Crippen molar-refractivity contribution in [1.82, 2.24) is 5.32 Å². The number of rotatable bonds is 3. The topological polar surface area (TPSA) is 67.4 Å². The summed E-state index contributed by atoms with van der Waals surface area (Å²) in [5.74, 6) is 0.119. The molecule has 2 N–H and O–H groups in total. The summed E-state index contributed by atoms with van der Waals surface area (Å²) < 4.78 is 5.67. The van der Waals surface area contributed by atoms with Crippen molar-refractivity contribution in [3.63, 3.8) is 0 Å². The van der Waals surface area contributed by atoms with E-state index in [0.717, 1.165) is 5.56 Å². The van der Waals surface area contributed by atoms with Crippen molar-refractivity contribution in [3.05, 3.63) is 59.7 Å². The third-order valence-electron chi connectivity index (χ3n) is 4.17. The Balaban J connectivity index is 1.62. The fourth-order valence-corrected chi connectivity index (χ4v) is 2.64. The second-order valence-electron chi connectivity index (χ2n) is 7.13. The van der Waals surface area contributed by atoms with Crippen LogP contribution in [0.3, 0.4) is 0 Å². The number of fused-ring (bicyclic) bond motifs is 1. The number of hydrogen-bond donors (Lipinski definition) is 2. The van der Waals surface area contributed by atoms with Gasteiger partial charge in [0.25, 0.3) is 11.8 Å². The molecule has 2 amide bonds. The fourth-order valence-electron chi connectivity index (χ4n) is 2.64.